The first-order valence-electron chi connectivity index (χ1n) is 7.36. The lowest BCUT2D eigenvalue weighted by molar-refractivity contribution is -0.926. The van der Waals surface area contributed by atoms with Gasteiger partial charge in [-0.3, -0.25) is 10.1 Å². The first kappa shape index (κ1) is 18.2. The predicted octanol–water partition coefficient (Wildman–Crippen LogP) is 3.23. The molecule has 0 bridgehead atoms. The second-order valence-electron chi connectivity index (χ2n) is 5.50. The molecule has 1 amide bonds. The van der Waals surface area contributed by atoms with Gasteiger partial charge in [0.25, 0.3) is 9.70 Å². The summed E-state index contributed by atoms with van der Waals surface area (Å²) in [7, 11) is 0. The Hall–Kier alpha value is -0.190. The minimum absolute atomic E-state index is 0.321. The number of likely N-dealkylation sites (tertiary alicyclic amines) is 1. The van der Waals surface area contributed by atoms with Crippen molar-refractivity contribution in [3.05, 3.63) is 34.9 Å². The molecule has 1 aromatic carbocycles. The summed E-state index contributed by atoms with van der Waals surface area (Å²) in [6, 6.07) is 6.85. The van der Waals surface area contributed by atoms with Crippen LogP contribution in [-0.4, -0.2) is 29.0 Å². The Balaban J connectivity index is 2.16. The van der Waals surface area contributed by atoms with Gasteiger partial charge in [0.1, 0.15) is 0 Å². The summed E-state index contributed by atoms with van der Waals surface area (Å²) < 4.78 is -1.57. The zero-order chi connectivity index (χ0) is 16.2. The van der Waals surface area contributed by atoms with Crippen molar-refractivity contribution in [3.63, 3.8) is 0 Å². The Kier molecular flexibility index (Phi) is 6.66. The average molecular weight is 385 g/mol. The summed E-state index contributed by atoms with van der Waals surface area (Å²) in [5.41, 5.74) is 0.387. The van der Waals surface area contributed by atoms with E-state index in [4.69, 9.17) is 46.4 Å². The number of hydrogen-bond acceptors (Lipinski definition) is 1. The van der Waals surface area contributed by atoms with Crippen LogP contribution in [0.1, 0.15) is 36.0 Å². The van der Waals surface area contributed by atoms with E-state index in [9.17, 15) is 4.79 Å². The number of alkyl halides is 3. The van der Waals surface area contributed by atoms with Crippen LogP contribution in [0.3, 0.4) is 0 Å². The molecular formula is C15H19Cl4N2O+. The van der Waals surface area contributed by atoms with Crippen molar-refractivity contribution < 1.29 is 9.69 Å². The van der Waals surface area contributed by atoms with Gasteiger partial charge in [0, 0.05) is 0 Å². The molecular weight excluding hydrogens is 366 g/mol. The Morgan fingerprint density at radius 2 is 1.68 bits per heavy atom. The van der Waals surface area contributed by atoms with Gasteiger partial charge in [-0.15, -0.1) is 0 Å². The number of benzene rings is 1. The van der Waals surface area contributed by atoms with Gasteiger partial charge < -0.3 is 4.90 Å². The van der Waals surface area contributed by atoms with Crippen LogP contribution >= 0.6 is 46.4 Å². The average Bonchev–Trinajstić information content (AvgIpc) is 2.72. The van der Waals surface area contributed by atoms with Gasteiger partial charge in [0.15, 0.2) is 0 Å². The summed E-state index contributed by atoms with van der Waals surface area (Å²) in [6.45, 7) is 1.75. The molecule has 3 nitrogen and oxygen atoms in total. The van der Waals surface area contributed by atoms with Gasteiger partial charge in [-0.2, -0.15) is 0 Å². The summed E-state index contributed by atoms with van der Waals surface area (Å²) >= 11 is 24.4. The summed E-state index contributed by atoms with van der Waals surface area (Å²) in [6.07, 6.45) is 3.88. The van der Waals surface area contributed by atoms with Crippen molar-refractivity contribution in [2.45, 2.75) is 35.6 Å². The van der Waals surface area contributed by atoms with E-state index in [1.165, 1.54) is 12.8 Å². The van der Waals surface area contributed by atoms with Crippen molar-refractivity contribution in [2.24, 2.45) is 0 Å². The number of rotatable bonds is 3. The highest BCUT2D eigenvalue weighted by Crippen LogP contribution is 2.28. The maximum Gasteiger partial charge on any atom is 0.262 e. The smallest absolute Gasteiger partial charge is 0.262 e. The third kappa shape index (κ3) is 4.90. The van der Waals surface area contributed by atoms with E-state index in [0.29, 0.717) is 10.6 Å². The molecule has 0 unspecified atom stereocenters. The van der Waals surface area contributed by atoms with Crippen molar-refractivity contribution in [1.29, 1.82) is 0 Å². The lowest BCUT2D eigenvalue weighted by atomic mass is 10.2. The SMILES string of the molecule is O=C(N[C@@H]([NH+]1CCCCCC1)C(Cl)(Cl)Cl)c1ccccc1Cl. The molecule has 7 heteroatoms. The topological polar surface area (TPSA) is 33.5 Å². The highest BCUT2D eigenvalue weighted by Gasteiger charge is 2.42. The van der Waals surface area contributed by atoms with Crippen LogP contribution in [0, 0.1) is 0 Å². The summed E-state index contributed by atoms with van der Waals surface area (Å²) in [4.78, 5) is 13.6. The molecule has 1 saturated heterocycles. The van der Waals surface area contributed by atoms with E-state index in [1.807, 2.05) is 0 Å². The fourth-order valence-corrected chi connectivity index (χ4v) is 3.59. The number of nitrogens with one attached hydrogen (secondary N) is 2. The zero-order valence-corrected chi connectivity index (χ0v) is 15.1. The fourth-order valence-electron chi connectivity index (χ4n) is 2.74. The third-order valence-electron chi connectivity index (χ3n) is 3.88. The van der Waals surface area contributed by atoms with Gasteiger partial charge in [0.2, 0.25) is 6.17 Å². The maximum atomic E-state index is 12.5. The van der Waals surface area contributed by atoms with Crippen LogP contribution < -0.4 is 10.2 Å². The Morgan fingerprint density at radius 3 is 2.23 bits per heavy atom. The standard InChI is InChI=1S/C15H18Cl4N2O/c16-12-8-4-3-7-11(12)13(22)20-14(15(17,18)19)21-9-5-1-2-6-10-21/h3-4,7-8,14H,1-2,5-6,9-10H2,(H,20,22)/p+1/t14-/m0/s1. The highest BCUT2D eigenvalue weighted by molar-refractivity contribution is 6.68. The minimum atomic E-state index is -1.57. The van der Waals surface area contributed by atoms with Gasteiger partial charge >= 0.3 is 0 Å². The molecule has 2 rings (SSSR count). The van der Waals surface area contributed by atoms with Crippen molar-refractivity contribution in [2.75, 3.05) is 13.1 Å². The van der Waals surface area contributed by atoms with Crippen LogP contribution in [0.5, 0.6) is 0 Å². The van der Waals surface area contributed by atoms with Gasteiger partial charge in [-0.1, -0.05) is 58.5 Å². The molecule has 0 radical (unpaired) electrons. The van der Waals surface area contributed by atoms with E-state index < -0.39 is 9.96 Å². The maximum absolute atomic E-state index is 12.5. The first-order chi connectivity index (χ1) is 10.4. The van der Waals surface area contributed by atoms with Crippen LogP contribution in [0.4, 0.5) is 0 Å². The first-order valence-corrected chi connectivity index (χ1v) is 8.87. The van der Waals surface area contributed by atoms with Crippen LogP contribution in [0.25, 0.3) is 0 Å². The third-order valence-corrected chi connectivity index (χ3v) is 4.86. The molecule has 1 fully saturated rings. The molecule has 1 aliphatic rings. The number of carbonyl (C=O) groups excluding carboxylic acids is 1. The van der Waals surface area contributed by atoms with Crippen LogP contribution in [0.15, 0.2) is 24.3 Å². The van der Waals surface area contributed by atoms with E-state index in [2.05, 4.69) is 5.32 Å². The van der Waals surface area contributed by atoms with E-state index in [0.717, 1.165) is 30.8 Å². The molecule has 1 heterocycles. The Morgan fingerprint density at radius 1 is 1.09 bits per heavy atom. The largest absolute Gasteiger partial charge is 0.312 e. The van der Waals surface area contributed by atoms with Gasteiger partial charge in [-0.05, 0) is 37.8 Å². The number of carbonyl (C=O) groups is 1. The zero-order valence-electron chi connectivity index (χ0n) is 12.0. The fraction of sp³-hybridized carbons (Fsp3) is 0.533. The van der Waals surface area contributed by atoms with Crippen molar-refractivity contribution in [3.8, 4) is 0 Å². The molecule has 0 aromatic heterocycles. The van der Waals surface area contributed by atoms with E-state index in [1.54, 1.807) is 24.3 Å². The molecule has 1 atom stereocenters. The number of quaternary nitrogens is 1. The lowest BCUT2D eigenvalue weighted by Crippen LogP contribution is -3.19. The van der Waals surface area contributed by atoms with E-state index in [-0.39, 0.29) is 5.91 Å². The molecule has 0 spiro atoms. The Bertz CT molecular complexity index is 511. The molecule has 0 aliphatic carbocycles. The van der Waals surface area contributed by atoms with Gasteiger partial charge in [0.05, 0.1) is 23.7 Å². The normalized spacial score (nSPS) is 18.5. The van der Waals surface area contributed by atoms with E-state index >= 15 is 0 Å². The summed E-state index contributed by atoms with van der Waals surface area (Å²) in [5, 5.41) is 3.24. The molecule has 0 saturated carbocycles. The molecule has 122 valence electrons. The van der Waals surface area contributed by atoms with Crippen LogP contribution in [0.2, 0.25) is 5.02 Å². The Labute approximate surface area is 150 Å². The molecule has 1 aliphatic heterocycles. The molecule has 1 aromatic rings. The van der Waals surface area contributed by atoms with Gasteiger partial charge in [-0.25, -0.2) is 0 Å². The monoisotopic (exact) mass is 383 g/mol. The van der Waals surface area contributed by atoms with Crippen molar-refractivity contribution >= 4 is 52.3 Å². The quantitative estimate of drug-likeness (QED) is 0.770. The highest BCUT2D eigenvalue weighted by atomic mass is 35.6. The number of amides is 1. The summed E-state index contributed by atoms with van der Waals surface area (Å²) in [5.74, 6) is -0.321. The molecule has 2 N–H and O–H groups in total. The second-order valence-corrected chi connectivity index (χ2v) is 8.28. The minimum Gasteiger partial charge on any atom is -0.312 e. The second kappa shape index (κ2) is 8.07. The van der Waals surface area contributed by atoms with Crippen LogP contribution in [-0.2, 0) is 0 Å². The predicted molar refractivity (Wildman–Crippen MR) is 92.2 cm³/mol. The number of halogens is 4. The molecule has 22 heavy (non-hydrogen) atoms. The van der Waals surface area contributed by atoms with Crippen molar-refractivity contribution in [1.82, 2.24) is 5.32 Å². The number of hydrogen-bond donors (Lipinski definition) is 2. The lowest BCUT2D eigenvalue weighted by Gasteiger charge is -2.32.